The third-order valence-electron chi connectivity index (χ3n) is 3.22. The first kappa shape index (κ1) is 13.6. The van der Waals surface area contributed by atoms with Gasteiger partial charge in [-0.1, -0.05) is 13.8 Å². The summed E-state index contributed by atoms with van der Waals surface area (Å²) in [6, 6.07) is 1.03. The van der Waals surface area contributed by atoms with Crippen LogP contribution in [0.15, 0.2) is 21.5 Å². The molecule has 0 radical (unpaired) electrons. The molecule has 6 nitrogen and oxygen atoms in total. The molecule has 0 aliphatic carbocycles. The van der Waals surface area contributed by atoms with Gasteiger partial charge in [-0.3, -0.25) is 14.5 Å². The van der Waals surface area contributed by atoms with Gasteiger partial charge in [-0.15, -0.1) is 0 Å². The molecule has 1 amide bonds. The third kappa shape index (κ3) is 2.96. The first-order valence-electron chi connectivity index (χ1n) is 6.31. The molecular weight excluding hydrogens is 248 g/mol. The van der Waals surface area contributed by atoms with Crippen LogP contribution in [0, 0.1) is 5.92 Å². The second kappa shape index (κ2) is 5.44. The Hall–Kier alpha value is -1.82. The molecular formula is C13H18N2O4. The van der Waals surface area contributed by atoms with E-state index in [4.69, 9.17) is 9.52 Å². The summed E-state index contributed by atoms with van der Waals surface area (Å²) in [7, 11) is 0. The van der Waals surface area contributed by atoms with Gasteiger partial charge in [0.15, 0.2) is 5.75 Å². The Morgan fingerprint density at radius 1 is 1.53 bits per heavy atom. The first-order valence-corrected chi connectivity index (χ1v) is 6.31. The van der Waals surface area contributed by atoms with Gasteiger partial charge in [0.1, 0.15) is 12.0 Å². The highest BCUT2D eigenvalue weighted by molar-refractivity contribution is 5.82. The van der Waals surface area contributed by atoms with Crippen molar-refractivity contribution in [3.05, 3.63) is 28.3 Å². The Balaban J connectivity index is 2.18. The summed E-state index contributed by atoms with van der Waals surface area (Å²) in [5, 5.41) is 12.0. The Morgan fingerprint density at radius 2 is 2.26 bits per heavy atom. The predicted octanol–water partition coefficient (Wildman–Crippen LogP) is 0.302. The van der Waals surface area contributed by atoms with Gasteiger partial charge in [-0.05, 0) is 5.92 Å². The largest absolute Gasteiger partial charge is 0.502 e. The molecule has 1 aliphatic rings. The predicted molar refractivity (Wildman–Crippen MR) is 68.7 cm³/mol. The maximum Gasteiger partial charge on any atom is 0.237 e. The van der Waals surface area contributed by atoms with Gasteiger partial charge in [0.05, 0.1) is 12.6 Å². The number of hydrogen-bond donors (Lipinski definition) is 2. The maximum atomic E-state index is 11.9. The van der Waals surface area contributed by atoms with Crippen LogP contribution in [0.2, 0.25) is 0 Å². The molecule has 104 valence electrons. The summed E-state index contributed by atoms with van der Waals surface area (Å²) in [5.74, 6) is 0.218. The van der Waals surface area contributed by atoms with Crippen LogP contribution in [0.3, 0.4) is 0 Å². The quantitative estimate of drug-likeness (QED) is 0.822. The fourth-order valence-electron chi connectivity index (χ4n) is 2.36. The van der Waals surface area contributed by atoms with Crippen molar-refractivity contribution < 1.29 is 14.3 Å². The van der Waals surface area contributed by atoms with Gasteiger partial charge < -0.3 is 14.8 Å². The van der Waals surface area contributed by atoms with Crippen LogP contribution in [0.4, 0.5) is 0 Å². The standard InChI is InChI=1S/C13H18N2O4/c1-8(2)12-13(18)14-3-4-15(12)6-9-5-10(16)11(17)7-19-9/h5,7-8,12,17H,3-4,6H2,1-2H3,(H,14,18). The maximum absolute atomic E-state index is 11.9. The van der Waals surface area contributed by atoms with Crippen molar-refractivity contribution in [3.8, 4) is 5.75 Å². The first-order chi connectivity index (χ1) is 8.99. The summed E-state index contributed by atoms with van der Waals surface area (Å²) in [6.07, 6.45) is 1.03. The molecule has 19 heavy (non-hydrogen) atoms. The van der Waals surface area contributed by atoms with E-state index in [1.54, 1.807) is 0 Å². The Morgan fingerprint density at radius 3 is 2.89 bits per heavy atom. The number of amides is 1. The Labute approximate surface area is 111 Å². The molecule has 0 spiro atoms. The number of piperazine rings is 1. The smallest absolute Gasteiger partial charge is 0.237 e. The number of rotatable bonds is 3. The van der Waals surface area contributed by atoms with Crippen LogP contribution in [-0.4, -0.2) is 35.0 Å². The lowest BCUT2D eigenvalue weighted by atomic mass is 9.99. The molecule has 0 saturated carbocycles. The molecule has 1 saturated heterocycles. The monoisotopic (exact) mass is 266 g/mol. The highest BCUT2D eigenvalue weighted by Crippen LogP contribution is 2.17. The van der Waals surface area contributed by atoms with Gasteiger partial charge in [-0.25, -0.2) is 0 Å². The SMILES string of the molecule is CC(C)C1C(=O)NCCN1Cc1cc(=O)c(O)co1. The van der Waals surface area contributed by atoms with E-state index in [1.807, 2.05) is 18.7 Å². The lowest BCUT2D eigenvalue weighted by Crippen LogP contribution is -2.56. The molecule has 1 aromatic heterocycles. The van der Waals surface area contributed by atoms with Crippen molar-refractivity contribution in [1.29, 1.82) is 0 Å². The van der Waals surface area contributed by atoms with E-state index in [1.165, 1.54) is 6.07 Å². The number of hydrogen-bond acceptors (Lipinski definition) is 5. The van der Waals surface area contributed by atoms with Gasteiger partial charge in [0.25, 0.3) is 0 Å². The lowest BCUT2D eigenvalue weighted by molar-refractivity contribution is -0.131. The van der Waals surface area contributed by atoms with E-state index >= 15 is 0 Å². The summed E-state index contributed by atoms with van der Waals surface area (Å²) in [5.41, 5.74) is -0.469. The molecule has 1 aromatic rings. The number of nitrogens with zero attached hydrogens (tertiary/aromatic N) is 1. The molecule has 0 aromatic carbocycles. The van der Waals surface area contributed by atoms with Gasteiger partial charge in [0.2, 0.25) is 11.3 Å². The number of carbonyl (C=O) groups excluding carboxylic acids is 1. The van der Waals surface area contributed by atoms with E-state index in [2.05, 4.69) is 5.32 Å². The van der Waals surface area contributed by atoms with Gasteiger partial charge in [0, 0.05) is 19.2 Å². The van der Waals surface area contributed by atoms with Crippen molar-refractivity contribution in [2.45, 2.75) is 26.4 Å². The molecule has 1 fully saturated rings. The van der Waals surface area contributed by atoms with E-state index in [0.717, 1.165) is 6.26 Å². The van der Waals surface area contributed by atoms with Crippen molar-refractivity contribution in [3.63, 3.8) is 0 Å². The van der Waals surface area contributed by atoms with E-state index in [0.29, 0.717) is 25.4 Å². The van der Waals surface area contributed by atoms with E-state index in [-0.39, 0.29) is 17.9 Å². The van der Waals surface area contributed by atoms with Crippen LogP contribution in [0.25, 0.3) is 0 Å². The molecule has 1 aliphatic heterocycles. The topological polar surface area (TPSA) is 82.8 Å². The highest BCUT2D eigenvalue weighted by Gasteiger charge is 2.32. The number of nitrogens with one attached hydrogen (secondary N) is 1. The van der Waals surface area contributed by atoms with Crippen LogP contribution >= 0.6 is 0 Å². The van der Waals surface area contributed by atoms with Gasteiger partial charge in [-0.2, -0.15) is 0 Å². The average molecular weight is 266 g/mol. The fourth-order valence-corrected chi connectivity index (χ4v) is 2.36. The normalized spacial score (nSPS) is 20.6. The minimum atomic E-state index is -0.469. The molecule has 1 atom stereocenters. The zero-order valence-electron chi connectivity index (χ0n) is 11.0. The zero-order chi connectivity index (χ0) is 14.0. The van der Waals surface area contributed by atoms with Crippen molar-refractivity contribution in [1.82, 2.24) is 10.2 Å². The molecule has 2 rings (SSSR count). The second-order valence-corrected chi connectivity index (χ2v) is 5.05. The summed E-state index contributed by atoms with van der Waals surface area (Å²) < 4.78 is 5.18. The van der Waals surface area contributed by atoms with Crippen LogP contribution in [0.1, 0.15) is 19.6 Å². The summed E-state index contributed by atoms with van der Waals surface area (Å²) >= 11 is 0. The zero-order valence-corrected chi connectivity index (χ0v) is 11.0. The molecule has 2 N–H and O–H groups in total. The van der Waals surface area contributed by atoms with Crippen LogP contribution in [-0.2, 0) is 11.3 Å². The molecule has 1 unspecified atom stereocenters. The molecule has 6 heteroatoms. The molecule has 0 bridgehead atoms. The summed E-state index contributed by atoms with van der Waals surface area (Å²) in [4.78, 5) is 25.2. The van der Waals surface area contributed by atoms with Crippen molar-refractivity contribution >= 4 is 5.91 Å². The Kier molecular flexibility index (Phi) is 3.90. The van der Waals surface area contributed by atoms with Crippen LogP contribution < -0.4 is 10.7 Å². The number of carbonyl (C=O) groups is 1. The highest BCUT2D eigenvalue weighted by atomic mass is 16.4. The minimum Gasteiger partial charge on any atom is -0.502 e. The average Bonchev–Trinajstić information content (AvgIpc) is 2.33. The van der Waals surface area contributed by atoms with Crippen molar-refractivity contribution in [2.75, 3.05) is 13.1 Å². The minimum absolute atomic E-state index is 0.00220. The van der Waals surface area contributed by atoms with E-state index in [9.17, 15) is 9.59 Å². The third-order valence-corrected chi connectivity index (χ3v) is 3.22. The Bertz CT molecular complexity index is 524. The molecule has 2 heterocycles. The lowest BCUT2D eigenvalue weighted by Gasteiger charge is -2.36. The van der Waals surface area contributed by atoms with Gasteiger partial charge >= 0.3 is 0 Å². The van der Waals surface area contributed by atoms with Crippen LogP contribution in [0.5, 0.6) is 5.75 Å². The number of aromatic hydroxyl groups is 1. The fraction of sp³-hybridized carbons (Fsp3) is 0.538. The van der Waals surface area contributed by atoms with Crippen molar-refractivity contribution in [2.24, 2.45) is 5.92 Å². The second-order valence-electron chi connectivity index (χ2n) is 5.05. The summed E-state index contributed by atoms with van der Waals surface area (Å²) in [6.45, 7) is 5.64. The van der Waals surface area contributed by atoms with E-state index < -0.39 is 11.2 Å².